The van der Waals surface area contributed by atoms with Gasteiger partial charge >= 0.3 is 0 Å². The molecule has 0 aliphatic heterocycles. The number of rotatable bonds is 2. The molecule has 2 aromatic carbocycles. The van der Waals surface area contributed by atoms with Gasteiger partial charge in [0.25, 0.3) is 0 Å². The largest absolute Gasteiger partial charge is 0.324 e. The van der Waals surface area contributed by atoms with Crippen molar-refractivity contribution in [1.29, 1.82) is 0 Å². The third-order valence-electron chi connectivity index (χ3n) is 3.29. The maximum Gasteiger partial charge on any atom is 0.0344 e. The molecule has 0 spiro atoms. The standard InChI is InChI=1S/C17H21N/c1-17(2,3)16(18)15-11-7-10-14(12-15)13-8-5-4-6-9-13/h4-12,16H,18H2,1-3H3/t16-/m1/s1. The highest BCUT2D eigenvalue weighted by Gasteiger charge is 2.22. The maximum absolute atomic E-state index is 6.32. The van der Waals surface area contributed by atoms with Gasteiger partial charge in [-0.2, -0.15) is 0 Å². The first kappa shape index (κ1) is 12.8. The van der Waals surface area contributed by atoms with Crippen LogP contribution in [0.4, 0.5) is 0 Å². The minimum absolute atomic E-state index is 0.0566. The van der Waals surface area contributed by atoms with Gasteiger partial charge in [-0.25, -0.2) is 0 Å². The Hall–Kier alpha value is -1.60. The van der Waals surface area contributed by atoms with E-state index < -0.39 is 0 Å². The zero-order chi connectivity index (χ0) is 13.2. The van der Waals surface area contributed by atoms with Gasteiger partial charge in [-0.15, -0.1) is 0 Å². The van der Waals surface area contributed by atoms with Crippen molar-refractivity contribution in [3.8, 4) is 11.1 Å². The molecule has 0 aliphatic carbocycles. The highest BCUT2D eigenvalue weighted by molar-refractivity contribution is 5.64. The quantitative estimate of drug-likeness (QED) is 0.826. The summed E-state index contributed by atoms with van der Waals surface area (Å²) in [5.41, 5.74) is 10.1. The van der Waals surface area contributed by atoms with E-state index in [2.05, 4.69) is 69.3 Å². The predicted molar refractivity (Wildman–Crippen MR) is 78.3 cm³/mol. The molecule has 1 nitrogen and oxygen atoms in total. The first-order valence-corrected chi connectivity index (χ1v) is 6.39. The van der Waals surface area contributed by atoms with Crippen LogP contribution in [0.1, 0.15) is 32.4 Å². The van der Waals surface area contributed by atoms with Crippen LogP contribution in [0.2, 0.25) is 0 Å². The third kappa shape index (κ3) is 2.80. The summed E-state index contributed by atoms with van der Waals surface area (Å²) in [5.74, 6) is 0. The topological polar surface area (TPSA) is 26.0 Å². The molecule has 2 rings (SSSR count). The van der Waals surface area contributed by atoms with Gasteiger partial charge in [-0.05, 0) is 28.2 Å². The summed E-state index contributed by atoms with van der Waals surface area (Å²) in [7, 11) is 0. The molecule has 0 fully saturated rings. The molecule has 0 saturated carbocycles. The molecule has 0 aromatic heterocycles. The van der Waals surface area contributed by atoms with Gasteiger partial charge in [0.05, 0.1) is 0 Å². The van der Waals surface area contributed by atoms with Crippen LogP contribution >= 0.6 is 0 Å². The van der Waals surface area contributed by atoms with Crippen LogP contribution in [0.25, 0.3) is 11.1 Å². The van der Waals surface area contributed by atoms with E-state index in [0.717, 1.165) is 0 Å². The van der Waals surface area contributed by atoms with Crippen molar-refractivity contribution in [3.05, 3.63) is 60.2 Å². The van der Waals surface area contributed by atoms with Gasteiger partial charge in [0.1, 0.15) is 0 Å². The summed E-state index contributed by atoms with van der Waals surface area (Å²) in [4.78, 5) is 0. The van der Waals surface area contributed by atoms with Gasteiger partial charge in [-0.3, -0.25) is 0 Å². The van der Waals surface area contributed by atoms with Crippen LogP contribution in [-0.4, -0.2) is 0 Å². The zero-order valence-electron chi connectivity index (χ0n) is 11.4. The lowest BCUT2D eigenvalue weighted by atomic mass is 9.82. The van der Waals surface area contributed by atoms with Gasteiger partial charge in [0.15, 0.2) is 0 Å². The average Bonchev–Trinajstić information content (AvgIpc) is 2.38. The lowest BCUT2D eigenvalue weighted by molar-refractivity contribution is 0.327. The van der Waals surface area contributed by atoms with E-state index in [1.165, 1.54) is 16.7 Å². The first-order valence-electron chi connectivity index (χ1n) is 6.39. The second kappa shape index (κ2) is 4.95. The Kier molecular flexibility index (Phi) is 3.53. The SMILES string of the molecule is CC(C)(C)[C@H](N)c1cccc(-c2ccccc2)c1. The molecule has 94 valence electrons. The summed E-state index contributed by atoms with van der Waals surface area (Å²) in [6.07, 6.45) is 0. The van der Waals surface area contributed by atoms with Crippen molar-refractivity contribution < 1.29 is 0 Å². The van der Waals surface area contributed by atoms with Crippen molar-refractivity contribution in [1.82, 2.24) is 0 Å². The van der Waals surface area contributed by atoms with Crippen LogP contribution in [0.5, 0.6) is 0 Å². The molecule has 2 aromatic rings. The molecule has 18 heavy (non-hydrogen) atoms. The summed E-state index contributed by atoms with van der Waals surface area (Å²) in [6, 6.07) is 19.0. The fraction of sp³-hybridized carbons (Fsp3) is 0.294. The molecule has 0 bridgehead atoms. The first-order chi connectivity index (χ1) is 8.48. The molecule has 1 atom stereocenters. The van der Waals surface area contributed by atoms with Crippen LogP contribution in [-0.2, 0) is 0 Å². The van der Waals surface area contributed by atoms with E-state index >= 15 is 0 Å². The molecule has 2 N–H and O–H groups in total. The zero-order valence-corrected chi connectivity index (χ0v) is 11.4. The minimum atomic E-state index is 0.0566. The third-order valence-corrected chi connectivity index (χ3v) is 3.29. The van der Waals surface area contributed by atoms with Crippen molar-refractivity contribution in [3.63, 3.8) is 0 Å². The highest BCUT2D eigenvalue weighted by atomic mass is 14.7. The summed E-state index contributed by atoms with van der Waals surface area (Å²) < 4.78 is 0. The van der Waals surface area contributed by atoms with Gasteiger partial charge in [-0.1, -0.05) is 69.3 Å². The molecule has 0 heterocycles. The fourth-order valence-corrected chi connectivity index (χ4v) is 2.04. The second-order valence-electron chi connectivity index (χ2n) is 5.84. The lowest BCUT2D eigenvalue weighted by Gasteiger charge is -2.27. The Labute approximate surface area is 110 Å². The van der Waals surface area contributed by atoms with E-state index in [4.69, 9.17) is 5.73 Å². The monoisotopic (exact) mass is 239 g/mol. The van der Waals surface area contributed by atoms with Crippen LogP contribution in [0, 0.1) is 5.41 Å². The molecule has 0 amide bonds. The Balaban J connectivity index is 2.37. The van der Waals surface area contributed by atoms with Crippen LogP contribution in [0.15, 0.2) is 54.6 Å². The van der Waals surface area contributed by atoms with Gasteiger partial charge in [0, 0.05) is 6.04 Å². The molecular formula is C17H21N. The van der Waals surface area contributed by atoms with E-state index in [1.54, 1.807) is 0 Å². The van der Waals surface area contributed by atoms with Crippen molar-refractivity contribution in [2.45, 2.75) is 26.8 Å². The van der Waals surface area contributed by atoms with Crippen LogP contribution < -0.4 is 5.73 Å². The Morgan fingerprint density at radius 1 is 0.833 bits per heavy atom. The predicted octanol–water partition coefficient (Wildman–Crippen LogP) is 4.40. The fourth-order valence-electron chi connectivity index (χ4n) is 2.04. The second-order valence-corrected chi connectivity index (χ2v) is 5.84. The summed E-state index contributed by atoms with van der Waals surface area (Å²) in [5, 5.41) is 0. The number of benzene rings is 2. The van der Waals surface area contributed by atoms with Crippen molar-refractivity contribution in [2.75, 3.05) is 0 Å². The number of hydrogen-bond acceptors (Lipinski definition) is 1. The lowest BCUT2D eigenvalue weighted by Crippen LogP contribution is -2.26. The summed E-state index contributed by atoms with van der Waals surface area (Å²) in [6.45, 7) is 6.52. The number of hydrogen-bond donors (Lipinski definition) is 1. The van der Waals surface area contributed by atoms with E-state index in [0.29, 0.717) is 0 Å². The molecular weight excluding hydrogens is 218 g/mol. The molecule has 0 unspecified atom stereocenters. The van der Waals surface area contributed by atoms with Gasteiger partial charge in [0.2, 0.25) is 0 Å². The van der Waals surface area contributed by atoms with Crippen LogP contribution in [0.3, 0.4) is 0 Å². The Morgan fingerprint density at radius 2 is 1.44 bits per heavy atom. The average molecular weight is 239 g/mol. The number of nitrogens with two attached hydrogens (primary N) is 1. The smallest absolute Gasteiger partial charge is 0.0344 e. The van der Waals surface area contributed by atoms with E-state index in [-0.39, 0.29) is 11.5 Å². The maximum atomic E-state index is 6.32. The Bertz CT molecular complexity index is 509. The highest BCUT2D eigenvalue weighted by Crippen LogP contribution is 2.32. The normalized spacial score (nSPS) is 13.3. The summed E-state index contributed by atoms with van der Waals surface area (Å²) >= 11 is 0. The molecule has 0 saturated heterocycles. The van der Waals surface area contributed by atoms with Crippen molar-refractivity contribution in [2.24, 2.45) is 11.1 Å². The molecule has 0 radical (unpaired) electrons. The minimum Gasteiger partial charge on any atom is -0.324 e. The van der Waals surface area contributed by atoms with E-state index in [9.17, 15) is 0 Å². The van der Waals surface area contributed by atoms with Crippen molar-refractivity contribution >= 4 is 0 Å². The Morgan fingerprint density at radius 3 is 2.06 bits per heavy atom. The van der Waals surface area contributed by atoms with E-state index in [1.807, 2.05) is 6.07 Å². The molecule has 1 heteroatoms. The van der Waals surface area contributed by atoms with Gasteiger partial charge < -0.3 is 5.73 Å². The molecule has 0 aliphatic rings.